The summed E-state index contributed by atoms with van der Waals surface area (Å²) in [5.74, 6) is 0.851. The SMILES string of the molecule is Cc1ccc(-c2nnc3c4ccccc4c4cc(-c5ccc6c(c5)C(c5ccccc5)(c5ccccc5)c5ccccc5-6)ccc4n23)cc1. The molecule has 1 aliphatic rings. The van der Waals surface area contributed by atoms with Crippen LogP contribution in [0.3, 0.4) is 0 Å². The zero-order chi connectivity index (χ0) is 32.5. The molecule has 3 heteroatoms. The van der Waals surface area contributed by atoms with Crippen molar-refractivity contribution in [2.45, 2.75) is 12.3 Å². The molecule has 0 radical (unpaired) electrons. The van der Waals surface area contributed by atoms with Gasteiger partial charge in [-0.15, -0.1) is 10.2 Å². The highest BCUT2D eigenvalue weighted by atomic mass is 15.2. The lowest BCUT2D eigenvalue weighted by molar-refractivity contribution is 0.769. The highest BCUT2D eigenvalue weighted by Gasteiger charge is 2.46. The molecule has 0 saturated heterocycles. The number of pyridine rings is 1. The number of aryl methyl sites for hydroxylation is 1. The summed E-state index contributed by atoms with van der Waals surface area (Å²) in [5.41, 5.74) is 13.9. The monoisotopic (exact) mass is 625 g/mol. The Balaban J connectivity index is 1.24. The minimum atomic E-state index is -0.439. The van der Waals surface area contributed by atoms with Crippen LogP contribution in [0.25, 0.3) is 61.0 Å². The molecule has 3 nitrogen and oxygen atoms in total. The third kappa shape index (κ3) is 3.96. The maximum atomic E-state index is 4.72. The minimum absolute atomic E-state index is 0.439. The van der Waals surface area contributed by atoms with Crippen molar-refractivity contribution in [3.8, 4) is 33.6 Å². The lowest BCUT2D eigenvalue weighted by Gasteiger charge is -2.34. The van der Waals surface area contributed by atoms with E-state index in [2.05, 4.69) is 181 Å². The lowest BCUT2D eigenvalue weighted by Crippen LogP contribution is -2.28. The molecule has 1 aliphatic carbocycles. The smallest absolute Gasteiger partial charge is 0.169 e. The standard InChI is InChI=1S/C46H31N3/c1-30-20-22-31(23-21-30)44-47-48-45-39-18-9-8-16-36(39)40-28-32(25-27-43(40)49(44)45)33-24-26-38-37-17-10-11-19-41(37)46(42(38)29-33,34-12-4-2-5-13-34)35-14-6-3-7-15-35/h2-29H,1H3. The number of nitrogens with zero attached hydrogens (tertiary/aromatic N) is 3. The van der Waals surface area contributed by atoms with Crippen molar-refractivity contribution in [3.63, 3.8) is 0 Å². The zero-order valence-corrected chi connectivity index (χ0v) is 27.0. The number of hydrogen-bond acceptors (Lipinski definition) is 2. The molecule has 0 saturated carbocycles. The molecule has 9 aromatic rings. The van der Waals surface area contributed by atoms with Gasteiger partial charge in [0.2, 0.25) is 0 Å². The molecule has 0 amide bonds. The van der Waals surface area contributed by atoms with E-state index in [1.807, 2.05) is 0 Å². The summed E-state index contributed by atoms with van der Waals surface area (Å²) >= 11 is 0. The first kappa shape index (κ1) is 27.8. The quantitative estimate of drug-likeness (QED) is 0.182. The summed E-state index contributed by atoms with van der Waals surface area (Å²) < 4.78 is 2.22. The average Bonchev–Trinajstić information content (AvgIpc) is 3.74. The van der Waals surface area contributed by atoms with E-state index in [-0.39, 0.29) is 0 Å². The van der Waals surface area contributed by atoms with E-state index < -0.39 is 5.41 Å². The Kier molecular flexibility index (Phi) is 6.00. The molecule has 0 aliphatic heterocycles. The van der Waals surface area contributed by atoms with Crippen LogP contribution in [0, 0.1) is 6.92 Å². The molecule has 230 valence electrons. The number of benzene rings is 7. The van der Waals surface area contributed by atoms with Gasteiger partial charge in [-0.2, -0.15) is 0 Å². The summed E-state index contributed by atoms with van der Waals surface area (Å²) in [4.78, 5) is 0. The minimum Gasteiger partial charge on any atom is -0.274 e. The van der Waals surface area contributed by atoms with Crippen LogP contribution in [0.2, 0.25) is 0 Å². The van der Waals surface area contributed by atoms with Crippen molar-refractivity contribution < 1.29 is 0 Å². The third-order valence-electron chi connectivity index (χ3n) is 10.5. The van der Waals surface area contributed by atoms with Gasteiger partial charge in [-0.1, -0.05) is 157 Å². The van der Waals surface area contributed by atoms with Crippen LogP contribution in [0.15, 0.2) is 170 Å². The molecule has 10 rings (SSSR count). The Hall–Kier alpha value is -6.32. The second kappa shape index (κ2) is 10.6. The fourth-order valence-electron chi connectivity index (χ4n) is 8.24. The van der Waals surface area contributed by atoms with Crippen molar-refractivity contribution in [2.75, 3.05) is 0 Å². The predicted molar refractivity (Wildman–Crippen MR) is 201 cm³/mol. The van der Waals surface area contributed by atoms with Crippen LogP contribution in [0.5, 0.6) is 0 Å². The predicted octanol–water partition coefficient (Wildman–Crippen LogP) is 11.0. The molecule has 0 atom stereocenters. The molecule has 7 aromatic carbocycles. The van der Waals surface area contributed by atoms with E-state index in [0.717, 1.165) is 27.9 Å². The molecule has 49 heavy (non-hydrogen) atoms. The zero-order valence-electron chi connectivity index (χ0n) is 27.0. The molecule has 0 unspecified atom stereocenters. The highest BCUT2D eigenvalue weighted by molar-refractivity contribution is 6.13. The highest BCUT2D eigenvalue weighted by Crippen LogP contribution is 2.56. The van der Waals surface area contributed by atoms with Crippen molar-refractivity contribution in [2.24, 2.45) is 0 Å². The van der Waals surface area contributed by atoms with Crippen LogP contribution < -0.4 is 0 Å². The first-order valence-electron chi connectivity index (χ1n) is 16.8. The van der Waals surface area contributed by atoms with E-state index in [1.165, 1.54) is 60.8 Å². The van der Waals surface area contributed by atoms with Gasteiger partial charge in [-0.25, -0.2) is 0 Å². The molecular weight excluding hydrogens is 595 g/mol. The number of fused-ring (bicyclic) bond motifs is 9. The summed E-state index contributed by atoms with van der Waals surface area (Å²) in [6, 6.07) is 61.9. The molecule has 2 heterocycles. The van der Waals surface area contributed by atoms with Gasteiger partial charge < -0.3 is 0 Å². The molecule has 0 fully saturated rings. The van der Waals surface area contributed by atoms with Gasteiger partial charge in [-0.3, -0.25) is 4.40 Å². The number of hydrogen-bond donors (Lipinski definition) is 0. The molecule has 0 N–H and O–H groups in total. The van der Waals surface area contributed by atoms with Gasteiger partial charge in [-0.05, 0) is 75.0 Å². The Bertz CT molecular complexity index is 2670. The van der Waals surface area contributed by atoms with Gasteiger partial charge >= 0.3 is 0 Å². The second-order valence-electron chi connectivity index (χ2n) is 13.1. The van der Waals surface area contributed by atoms with Crippen LogP contribution in [0.1, 0.15) is 27.8 Å². The first-order chi connectivity index (χ1) is 24.2. The maximum Gasteiger partial charge on any atom is 0.169 e. The van der Waals surface area contributed by atoms with Crippen LogP contribution >= 0.6 is 0 Å². The summed E-state index contributed by atoms with van der Waals surface area (Å²) in [6.45, 7) is 2.11. The maximum absolute atomic E-state index is 4.72. The Labute approximate surface area is 284 Å². The van der Waals surface area contributed by atoms with Gasteiger partial charge in [0.15, 0.2) is 11.5 Å². The van der Waals surface area contributed by atoms with Gasteiger partial charge in [0.25, 0.3) is 0 Å². The van der Waals surface area contributed by atoms with Gasteiger partial charge in [0.05, 0.1) is 10.9 Å². The Morgan fingerprint density at radius 2 is 1.04 bits per heavy atom. The van der Waals surface area contributed by atoms with Crippen LogP contribution in [-0.4, -0.2) is 14.6 Å². The van der Waals surface area contributed by atoms with Crippen LogP contribution in [-0.2, 0) is 5.41 Å². The first-order valence-corrected chi connectivity index (χ1v) is 16.8. The van der Waals surface area contributed by atoms with Crippen molar-refractivity contribution in [1.29, 1.82) is 0 Å². The topological polar surface area (TPSA) is 30.2 Å². The van der Waals surface area contributed by atoms with E-state index >= 15 is 0 Å². The number of rotatable bonds is 4. The largest absolute Gasteiger partial charge is 0.274 e. The summed E-state index contributed by atoms with van der Waals surface area (Å²) in [6.07, 6.45) is 0. The average molecular weight is 626 g/mol. The molecule has 0 spiro atoms. The molecule has 0 bridgehead atoms. The van der Waals surface area contributed by atoms with Crippen molar-refractivity contribution in [1.82, 2.24) is 14.6 Å². The Morgan fingerprint density at radius 3 is 1.80 bits per heavy atom. The fourth-order valence-corrected chi connectivity index (χ4v) is 8.24. The summed E-state index contributed by atoms with van der Waals surface area (Å²) in [7, 11) is 0. The van der Waals surface area contributed by atoms with E-state index in [4.69, 9.17) is 10.2 Å². The third-order valence-corrected chi connectivity index (χ3v) is 10.5. The van der Waals surface area contributed by atoms with E-state index in [9.17, 15) is 0 Å². The van der Waals surface area contributed by atoms with Gasteiger partial charge in [0, 0.05) is 16.3 Å². The fraction of sp³-hybridized carbons (Fsp3) is 0.0435. The van der Waals surface area contributed by atoms with Crippen molar-refractivity contribution in [3.05, 3.63) is 198 Å². The molecular formula is C46H31N3. The summed E-state index contributed by atoms with van der Waals surface area (Å²) in [5, 5.41) is 12.9. The molecule has 2 aromatic heterocycles. The Morgan fingerprint density at radius 1 is 0.449 bits per heavy atom. The van der Waals surface area contributed by atoms with Gasteiger partial charge in [0.1, 0.15) is 0 Å². The second-order valence-corrected chi connectivity index (χ2v) is 13.1. The normalized spacial score (nSPS) is 13.2. The van der Waals surface area contributed by atoms with E-state index in [0.29, 0.717) is 0 Å². The van der Waals surface area contributed by atoms with E-state index in [1.54, 1.807) is 0 Å². The van der Waals surface area contributed by atoms with Crippen molar-refractivity contribution >= 4 is 27.3 Å². The number of aromatic nitrogens is 3. The lowest BCUT2D eigenvalue weighted by atomic mass is 9.67. The van der Waals surface area contributed by atoms with Crippen LogP contribution in [0.4, 0.5) is 0 Å².